The highest BCUT2D eigenvalue weighted by atomic mass is 16.5. The number of aromatic nitrogens is 4. The molecule has 10 heteroatoms. The Morgan fingerprint density at radius 2 is 1.97 bits per heavy atom. The zero-order valence-corrected chi connectivity index (χ0v) is 22.9. The van der Waals surface area contributed by atoms with Gasteiger partial charge in [0.1, 0.15) is 24.2 Å². The van der Waals surface area contributed by atoms with Crippen LogP contribution in [0.25, 0.3) is 0 Å². The van der Waals surface area contributed by atoms with Crippen LogP contribution in [0.5, 0.6) is 5.75 Å². The fraction of sp³-hybridized carbons (Fsp3) is 0.483. The van der Waals surface area contributed by atoms with Gasteiger partial charge in [0.15, 0.2) is 0 Å². The molecule has 1 unspecified atom stereocenters. The van der Waals surface area contributed by atoms with Gasteiger partial charge in [-0.25, -0.2) is 19.7 Å². The van der Waals surface area contributed by atoms with Crippen LogP contribution >= 0.6 is 0 Å². The van der Waals surface area contributed by atoms with Crippen LogP contribution in [-0.4, -0.2) is 74.7 Å². The predicted octanol–water partition coefficient (Wildman–Crippen LogP) is 3.90. The summed E-state index contributed by atoms with van der Waals surface area (Å²) in [4.78, 5) is 31.7. The second kappa shape index (κ2) is 14.4. The van der Waals surface area contributed by atoms with Crippen molar-refractivity contribution in [2.45, 2.75) is 58.4 Å². The number of anilines is 2. The summed E-state index contributed by atoms with van der Waals surface area (Å²) in [6.45, 7) is 7.43. The van der Waals surface area contributed by atoms with Gasteiger partial charge in [0.25, 0.3) is 0 Å². The van der Waals surface area contributed by atoms with E-state index in [1.807, 2.05) is 26.0 Å². The summed E-state index contributed by atoms with van der Waals surface area (Å²) in [6, 6.07) is 7.33. The Labute approximate surface area is 230 Å². The summed E-state index contributed by atoms with van der Waals surface area (Å²) in [5.74, 6) is 1.20. The molecule has 1 atom stereocenters. The van der Waals surface area contributed by atoms with E-state index in [1.165, 1.54) is 5.56 Å². The molecule has 10 nitrogen and oxygen atoms in total. The van der Waals surface area contributed by atoms with Gasteiger partial charge in [-0.05, 0) is 88.2 Å². The van der Waals surface area contributed by atoms with Crippen LogP contribution in [0.4, 0.5) is 11.8 Å². The lowest BCUT2D eigenvalue weighted by atomic mass is 10.1. The number of hydrogen-bond donors (Lipinski definition) is 3. The summed E-state index contributed by atoms with van der Waals surface area (Å²) in [6.07, 6.45) is 10.6. The number of aliphatic carboxylic acids is 1. The van der Waals surface area contributed by atoms with Crippen LogP contribution in [0.15, 0.2) is 42.9 Å². The van der Waals surface area contributed by atoms with Gasteiger partial charge in [-0.1, -0.05) is 6.07 Å². The molecule has 3 N–H and O–H groups in total. The smallest absolute Gasteiger partial charge is 0.326 e. The standard InChI is InChI=1S/C29H39N7O3/c1-21-19-32-29(33-20-21)35-25(28(37)38)12-16-36(17-18-39-26-9-6-13-30-22(26)2)15-4-3-8-24-11-10-23-7-5-14-31-27(23)34-24/h6,9-11,13,19-20,25H,3-5,7-8,12,14-18H2,1-2H3,(H,31,34)(H,37,38)(H,32,33,35). The monoisotopic (exact) mass is 533 g/mol. The molecular formula is C29H39N7O3. The van der Waals surface area contributed by atoms with Gasteiger partial charge in [0.05, 0.1) is 5.69 Å². The second-order valence-electron chi connectivity index (χ2n) is 9.98. The van der Waals surface area contributed by atoms with E-state index in [-0.39, 0.29) is 0 Å². The maximum atomic E-state index is 12.0. The van der Waals surface area contributed by atoms with E-state index in [4.69, 9.17) is 9.72 Å². The molecular weight excluding hydrogens is 494 g/mol. The average molecular weight is 534 g/mol. The van der Waals surface area contributed by atoms with Crippen molar-refractivity contribution in [2.75, 3.05) is 43.4 Å². The van der Waals surface area contributed by atoms with E-state index in [1.54, 1.807) is 18.6 Å². The number of hydrogen-bond acceptors (Lipinski definition) is 9. The molecule has 0 spiro atoms. The van der Waals surface area contributed by atoms with Crippen LogP contribution in [-0.2, 0) is 17.6 Å². The third-order valence-corrected chi connectivity index (χ3v) is 6.85. The van der Waals surface area contributed by atoms with E-state index >= 15 is 0 Å². The quantitative estimate of drug-likeness (QED) is 0.248. The molecule has 39 heavy (non-hydrogen) atoms. The minimum Gasteiger partial charge on any atom is -0.490 e. The molecule has 0 aromatic carbocycles. The van der Waals surface area contributed by atoms with Crippen molar-refractivity contribution < 1.29 is 14.6 Å². The van der Waals surface area contributed by atoms with E-state index in [9.17, 15) is 9.90 Å². The Morgan fingerprint density at radius 3 is 2.77 bits per heavy atom. The molecule has 0 saturated carbocycles. The number of nitrogens with zero attached hydrogens (tertiary/aromatic N) is 5. The van der Waals surface area contributed by atoms with Crippen LogP contribution in [0.3, 0.4) is 0 Å². The molecule has 0 radical (unpaired) electrons. The molecule has 3 aromatic rings. The molecule has 4 heterocycles. The molecule has 0 aliphatic carbocycles. The third kappa shape index (κ3) is 8.88. The number of carbonyl (C=O) groups is 1. The highest BCUT2D eigenvalue weighted by Crippen LogP contribution is 2.20. The molecule has 4 rings (SSSR count). The number of rotatable bonds is 15. The first-order valence-electron chi connectivity index (χ1n) is 13.8. The lowest BCUT2D eigenvalue weighted by Crippen LogP contribution is -2.37. The van der Waals surface area contributed by atoms with Gasteiger partial charge in [-0.15, -0.1) is 0 Å². The molecule has 0 bridgehead atoms. The zero-order valence-electron chi connectivity index (χ0n) is 22.9. The highest BCUT2D eigenvalue weighted by Gasteiger charge is 2.20. The fourth-order valence-corrected chi connectivity index (χ4v) is 4.58. The van der Waals surface area contributed by atoms with Crippen LogP contribution in [0.2, 0.25) is 0 Å². The van der Waals surface area contributed by atoms with Gasteiger partial charge in [-0.2, -0.15) is 0 Å². The normalized spacial score (nSPS) is 13.4. The predicted molar refractivity (Wildman–Crippen MR) is 151 cm³/mol. The van der Waals surface area contributed by atoms with Gasteiger partial charge >= 0.3 is 5.97 Å². The summed E-state index contributed by atoms with van der Waals surface area (Å²) in [5.41, 5.74) is 4.18. The van der Waals surface area contributed by atoms with E-state index in [2.05, 4.69) is 42.6 Å². The minimum absolute atomic E-state index is 0.321. The summed E-state index contributed by atoms with van der Waals surface area (Å²) in [5, 5.41) is 16.2. The fourth-order valence-electron chi connectivity index (χ4n) is 4.58. The van der Waals surface area contributed by atoms with Crippen molar-refractivity contribution in [3.63, 3.8) is 0 Å². The Hall–Kier alpha value is -3.79. The number of unbranched alkanes of at least 4 members (excludes halogenated alkanes) is 1. The Bertz CT molecular complexity index is 1210. The van der Waals surface area contributed by atoms with E-state index < -0.39 is 12.0 Å². The highest BCUT2D eigenvalue weighted by molar-refractivity contribution is 5.76. The Morgan fingerprint density at radius 1 is 1.13 bits per heavy atom. The molecule has 208 valence electrons. The number of nitrogens with one attached hydrogen (secondary N) is 2. The van der Waals surface area contributed by atoms with Gasteiger partial charge in [-0.3, -0.25) is 9.88 Å². The second-order valence-corrected chi connectivity index (χ2v) is 9.98. The topological polar surface area (TPSA) is 125 Å². The van der Waals surface area contributed by atoms with Crippen LogP contribution in [0.1, 0.15) is 48.2 Å². The minimum atomic E-state index is -0.923. The molecule has 3 aromatic heterocycles. The largest absolute Gasteiger partial charge is 0.490 e. The number of fused-ring (bicyclic) bond motifs is 1. The van der Waals surface area contributed by atoms with Crippen molar-refractivity contribution in [1.29, 1.82) is 0 Å². The molecule has 0 saturated heterocycles. The van der Waals surface area contributed by atoms with Crippen molar-refractivity contribution in [1.82, 2.24) is 24.8 Å². The maximum Gasteiger partial charge on any atom is 0.326 e. The molecule has 1 aliphatic rings. The molecule has 1 aliphatic heterocycles. The number of carboxylic acid groups (broad SMARTS) is 1. The number of carboxylic acids is 1. The third-order valence-electron chi connectivity index (χ3n) is 6.85. The zero-order chi connectivity index (χ0) is 27.5. The first kappa shape index (κ1) is 28.2. The lowest BCUT2D eigenvalue weighted by Gasteiger charge is -2.24. The molecule has 0 amide bonds. The molecule has 0 fully saturated rings. The Balaban J connectivity index is 1.30. The summed E-state index contributed by atoms with van der Waals surface area (Å²) < 4.78 is 5.98. The van der Waals surface area contributed by atoms with Crippen molar-refractivity contribution in [3.8, 4) is 5.75 Å². The van der Waals surface area contributed by atoms with Crippen molar-refractivity contribution >= 4 is 17.7 Å². The van der Waals surface area contributed by atoms with Gasteiger partial charge in [0, 0.05) is 43.9 Å². The number of ether oxygens (including phenoxy) is 1. The van der Waals surface area contributed by atoms with Crippen molar-refractivity contribution in [2.24, 2.45) is 0 Å². The summed E-state index contributed by atoms with van der Waals surface area (Å²) >= 11 is 0. The van der Waals surface area contributed by atoms with Crippen molar-refractivity contribution in [3.05, 3.63) is 65.4 Å². The average Bonchev–Trinajstić information content (AvgIpc) is 2.94. The SMILES string of the molecule is Cc1cnc(NC(CCN(CCCCc2ccc3c(n2)NCCC3)CCOc2cccnc2C)C(=O)O)nc1. The van der Waals surface area contributed by atoms with Gasteiger partial charge < -0.3 is 20.5 Å². The van der Waals surface area contributed by atoms with E-state index in [0.717, 1.165) is 73.7 Å². The van der Waals surface area contributed by atoms with Crippen LogP contribution < -0.4 is 15.4 Å². The first-order valence-corrected chi connectivity index (χ1v) is 13.8. The van der Waals surface area contributed by atoms with Crippen LogP contribution in [0, 0.1) is 13.8 Å². The first-order chi connectivity index (χ1) is 19.0. The maximum absolute atomic E-state index is 12.0. The van der Waals surface area contributed by atoms with Gasteiger partial charge in [0.2, 0.25) is 5.95 Å². The summed E-state index contributed by atoms with van der Waals surface area (Å²) in [7, 11) is 0. The lowest BCUT2D eigenvalue weighted by molar-refractivity contribution is -0.138. The number of pyridine rings is 2. The number of aryl methyl sites for hydroxylation is 4. The van der Waals surface area contributed by atoms with E-state index in [0.29, 0.717) is 32.1 Å². The Kier molecular flexibility index (Phi) is 10.4.